The number of carbonyl (C=O) groups excluding carboxylic acids is 2. The lowest BCUT2D eigenvalue weighted by atomic mass is 9.57. The zero-order chi connectivity index (χ0) is 24.8. The molecule has 2 aromatic rings. The molecular weight excluding hydrogens is 455 g/mol. The van der Waals surface area contributed by atoms with Crippen molar-refractivity contribution in [2.75, 3.05) is 0 Å². The lowest BCUT2D eigenvalue weighted by Crippen LogP contribution is -2.48. The van der Waals surface area contributed by atoms with Crippen LogP contribution in [0.3, 0.4) is 0 Å². The zero-order valence-corrected chi connectivity index (χ0v) is 20.6. The Labute approximate surface area is 211 Å². The van der Waals surface area contributed by atoms with Crippen molar-refractivity contribution >= 4 is 18.0 Å². The number of benzene rings is 1. The van der Waals surface area contributed by atoms with Crippen LogP contribution in [0, 0.1) is 41.3 Å². The predicted molar refractivity (Wildman–Crippen MR) is 135 cm³/mol. The third kappa shape index (κ3) is 4.58. The molecule has 1 aromatic carbocycles. The molecule has 188 valence electrons. The fourth-order valence-electron chi connectivity index (χ4n) is 6.96. The van der Waals surface area contributed by atoms with Crippen LogP contribution in [0.25, 0.3) is 17.2 Å². The van der Waals surface area contributed by atoms with Gasteiger partial charge in [0.25, 0.3) is 0 Å². The normalized spacial score (nSPS) is 33.6. The Hall–Kier alpha value is -3.02. The van der Waals surface area contributed by atoms with E-state index < -0.39 is 0 Å². The third-order valence-corrected chi connectivity index (χ3v) is 8.88. The summed E-state index contributed by atoms with van der Waals surface area (Å²) in [6.07, 6.45) is 11.9. The number of rotatable bonds is 5. The highest BCUT2D eigenvalue weighted by Crippen LogP contribution is 2.53. The van der Waals surface area contributed by atoms with Gasteiger partial charge in [-0.15, -0.1) is 0 Å². The summed E-state index contributed by atoms with van der Waals surface area (Å²) in [5.74, 6) is 1.33. The van der Waals surface area contributed by atoms with Crippen LogP contribution in [0.2, 0.25) is 0 Å². The molecule has 1 aromatic heterocycles. The van der Waals surface area contributed by atoms with Gasteiger partial charge in [-0.3, -0.25) is 14.6 Å². The molecule has 1 saturated heterocycles. The quantitative estimate of drug-likeness (QED) is 0.572. The molecule has 1 unspecified atom stereocenters. The summed E-state index contributed by atoms with van der Waals surface area (Å²) >= 11 is 0. The van der Waals surface area contributed by atoms with E-state index in [1.807, 2.05) is 25.1 Å². The van der Waals surface area contributed by atoms with Gasteiger partial charge in [0.2, 0.25) is 5.91 Å². The number of nitrogens with one attached hydrogen (secondary N) is 1. The maximum atomic E-state index is 13.6. The summed E-state index contributed by atoms with van der Waals surface area (Å²) < 4.78 is 19.3. The average molecular weight is 489 g/mol. The van der Waals surface area contributed by atoms with Crippen LogP contribution >= 0.6 is 0 Å². The second-order valence-electron chi connectivity index (χ2n) is 11.2. The van der Waals surface area contributed by atoms with E-state index in [1.165, 1.54) is 12.1 Å². The van der Waals surface area contributed by atoms with Crippen molar-refractivity contribution in [2.45, 2.75) is 57.6 Å². The molecule has 6 rings (SSSR count). The van der Waals surface area contributed by atoms with Crippen molar-refractivity contribution in [1.29, 1.82) is 0 Å². The number of nitrogens with zero attached hydrogens (tertiary/aromatic N) is 1. The van der Waals surface area contributed by atoms with Gasteiger partial charge < -0.3 is 10.1 Å². The number of halogens is 1. The molecule has 1 aliphatic heterocycles. The van der Waals surface area contributed by atoms with Crippen LogP contribution in [0.1, 0.15) is 51.1 Å². The van der Waals surface area contributed by atoms with Gasteiger partial charge in [0.1, 0.15) is 11.9 Å². The molecular formula is C30H33FN2O3. The van der Waals surface area contributed by atoms with E-state index in [2.05, 4.69) is 22.5 Å². The Bertz CT molecular complexity index is 1170. The first kappa shape index (κ1) is 23.4. The number of esters is 1. The number of allylic oxidation sites excluding steroid dienone is 1. The molecule has 5 nitrogen and oxygen atoms in total. The first-order valence-electron chi connectivity index (χ1n) is 13.4. The Morgan fingerprint density at radius 1 is 1.11 bits per heavy atom. The zero-order valence-electron chi connectivity index (χ0n) is 20.6. The molecule has 36 heavy (non-hydrogen) atoms. The number of hydrogen-bond acceptors (Lipinski definition) is 4. The van der Waals surface area contributed by atoms with E-state index in [-0.39, 0.29) is 53.5 Å². The standard InChI is InChI=1S/C30H33FN2O3/c1-17-28-26(12-9-23-8-7-20(16-32-23)19-3-2-4-22(31)13-19)25-11-10-24(33-29(34)18-5-6-18)14-21(25)15-27(28)30(35)36-17/h2-4,7-9,12-13,16-18,21,24-28H,5-6,10-11,14-15H2,1H3,(H,33,34)/b12-9+/t17-,21+,24-,25-,26?,27-,28+/m1/s1. The predicted octanol–water partition coefficient (Wildman–Crippen LogP) is 5.41. The van der Waals surface area contributed by atoms with E-state index in [0.717, 1.165) is 55.3 Å². The van der Waals surface area contributed by atoms with Crippen molar-refractivity contribution < 1.29 is 18.7 Å². The lowest BCUT2D eigenvalue weighted by molar-refractivity contribution is -0.144. The smallest absolute Gasteiger partial charge is 0.309 e. The van der Waals surface area contributed by atoms with E-state index in [4.69, 9.17) is 4.74 Å². The molecule has 0 bridgehead atoms. The minimum Gasteiger partial charge on any atom is -0.462 e. The van der Waals surface area contributed by atoms with Gasteiger partial charge in [-0.25, -0.2) is 4.39 Å². The molecule has 3 saturated carbocycles. The van der Waals surface area contributed by atoms with E-state index in [0.29, 0.717) is 11.8 Å². The Morgan fingerprint density at radius 3 is 2.72 bits per heavy atom. The second kappa shape index (κ2) is 9.45. The van der Waals surface area contributed by atoms with E-state index in [9.17, 15) is 14.0 Å². The molecule has 1 N–H and O–H groups in total. The van der Waals surface area contributed by atoms with Crippen LogP contribution in [-0.2, 0) is 14.3 Å². The highest BCUT2D eigenvalue weighted by atomic mass is 19.1. The summed E-state index contributed by atoms with van der Waals surface area (Å²) in [6.45, 7) is 2.03. The largest absolute Gasteiger partial charge is 0.462 e. The van der Waals surface area contributed by atoms with Gasteiger partial charge in [-0.05, 0) is 93.0 Å². The van der Waals surface area contributed by atoms with E-state index >= 15 is 0 Å². The number of pyridine rings is 1. The highest BCUT2D eigenvalue weighted by Gasteiger charge is 2.54. The molecule has 2 heterocycles. The SMILES string of the molecule is C[C@H]1OC(=O)[C@@H]2C[C@@H]3C[C@H](NC(=O)C4CC4)CC[C@H]3C(/C=C/c3ccc(-c4cccc(F)c4)cn3)[C@H]12. The molecule has 6 heteroatoms. The molecule has 3 aliphatic carbocycles. The molecule has 1 amide bonds. The Balaban J connectivity index is 1.20. The average Bonchev–Trinajstić information content (AvgIpc) is 3.68. The summed E-state index contributed by atoms with van der Waals surface area (Å²) in [6, 6.07) is 10.7. The maximum Gasteiger partial charge on any atom is 0.309 e. The molecule has 4 aliphatic rings. The molecule has 7 atom stereocenters. The fraction of sp³-hybridized carbons (Fsp3) is 0.500. The van der Waals surface area contributed by atoms with Crippen LogP contribution < -0.4 is 5.32 Å². The summed E-state index contributed by atoms with van der Waals surface area (Å²) in [7, 11) is 0. The number of carbonyl (C=O) groups is 2. The number of hydrogen-bond donors (Lipinski definition) is 1. The number of fused-ring (bicyclic) bond motifs is 2. The lowest BCUT2D eigenvalue weighted by Gasteiger charge is -2.47. The minimum atomic E-state index is -0.262. The van der Waals surface area contributed by atoms with Crippen LogP contribution in [0.15, 0.2) is 48.7 Å². The number of cyclic esters (lactones) is 1. The number of amides is 1. The van der Waals surface area contributed by atoms with Gasteiger partial charge in [0.15, 0.2) is 0 Å². The van der Waals surface area contributed by atoms with Gasteiger partial charge in [-0.1, -0.05) is 24.3 Å². The number of aromatic nitrogens is 1. The van der Waals surface area contributed by atoms with Crippen molar-refractivity contribution in [3.05, 3.63) is 60.2 Å². The first-order chi connectivity index (χ1) is 17.5. The third-order valence-electron chi connectivity index (χ3n) is 8.88. The number of ether oxygens (including phenoxy) is 1. The fourth-order valence-corrected chi connectivity index (χ4v) is 6.96. The Morgan fingerprint density at radius 2 is 1.97 bits per heavy atom. The van der Waals surface area contributed by atoms with Crippen molar-refractivity contribution in [2.24, 2.45) is 35.5 Å². The van der Waals surface area contributed by atoms with Crippen LogP contribution in [0.5, 0.6) is 0 Å². The molecule has 4 fully saturated rings. The maximum absolute atomic E-state index is 13.6. The van der Waals surface area contributed by atoms with Gasteiger partial charge in [0.05, 0.1) is 11.6 Å². The summed E-state index contributed by atoms with van der Waals surface area (Å²) in [5.41, 5.74) is 2.52. The Kier molecular flexibility index (Phi) is 6.14. The summed E-state index contributed by atoms with van der Waals surface area (Å²) in [4.78, 5) is 29.7. The monoisotopic (exact) mass is 488 g/mol. The van der Waals surface area contributed by atoms with E-state index in [1.54, 1.807) is 12.3 Å². The molecule has 0 spiro atoms. The van der Waals surface area contributed by atoms with Crippen molar-refractivity contribution in [3.63, 3.8) is 0 Å². The van der Waals surface area contributed by atoms with Crippen molar-refractivity contribution in [3.8, 4) is 11.1 Å². The second-order valence-corrected chi connectivity index (χ2v) is 11.2. The first-order valence-corrected chi connectivity index (χ1v) is 13.4. The van der Waals surface area contributed by atoms with Crippen molar-refractivity contribution in [1.82, 2.24) is 10.3 Å². The molecule has 0 radical (unpaired) electrons. The van der Waals surface area contributed by atoms with Crippen LogP contribution in [-0.4, -0.2) is 29.0 Å². The topological polar surface area (TPSA) is 68.3 Å². The van der Waals surface area contributed by atoms with Gasteiger partial charge in [0, 0.05) is 29.6 Å². The van der Waals surface area contributed by atoms with Gasteiger partial charge >= 0.3 is 5.97 Å². The van der Waals surface area contributed by atoms with Gasteiger partial charge in [-0.2, -0.15) is 0 Å². The minimum absolute atomic E-state index is 0.0638. The summed E-state index contributed by atoms with van der Waals surface area (Å²) in [5, 5.41) is 3.28. The highest BCUT2D eigenvalue weighted by molar-refractivity contribution is 5.81. The van der Waals surface area contributed by atoms with Crippen LogP contribution in [0.4, 0.5) is 4.39 Å².